The fourth-order valence-electron chi connectivity index (χ4n) is 4.96. The van der Waals surface area contributed by atoms with Crippen molar-refractivity contribution in [3.63, 3.8) is 0 Å². The second-order valence-electron chi connectivity index (χ2n) is 7.70. The van der Waals surface area contributed by atoms with Gasteiger partial charge < -0.3 is 4.90 Å². The van der Waals surface area contributed by atoms with Gasteiger partial charge in [-0.2, -0.15) is 5.21 Å². The molecule has 2 aromatic carbocycles. The van der Waals surface area contributed by atoms with Gasteiger partial charge in [0.25, 0.3) is 0 Å². The fraction of sp³-hybridized carbons (Fsp3) is 0.381. The second-order valence-corrected chi connectivity index (χ2v) is 8.57. The molecule has 5 nitrogen and oxygen atoms in total. The lowest BCUT2D eigenvalue weighted by Crippen LogP contribution is -2.39. The van der Waals surface area contributed by atoms with Crippen LogP contribution >= 0.6 is 23.2 Å². The molecule has 1 spiro atoms. The number of anilines is 2. The maximum absolute atomic E-state index is 6.47. The van der Waals surface area contributed by atoms with Crippen LogP contribution in [0.15, 0.2) is 36.4 Å². The number of hydrogen-bond acceptors (Lipinski definition) is 4. The highest BCUT2D eigenvalue weighted by atomic mass is 35.5. The van der Waals surface area contributed by atoms with E-state index >= 15 is 0 Å². The zero-order chi connectivity index (χ0) is 19.1. The van der Waals surface area contributed by atoms with Crippen molar-refractivity contribution in [3.8, 4) is 0 Å². The van der Waals surface area contributed by atoms with Crippen LogP contribution in [-0.2, 0) is 11.8 Å². The first-order chi connectivity index (χ1) is 13.7. The summed E-state index contributed by atoms with van der Waals surface area (Å²) in [6, 6.07) is 12.6. The molecule has 144 valence electrons. The summed E-state index contributed by atoms with van der Waals surface area (Å²) < 4.78 is 0. The lowest BCUT2D eigenvalue weighted by Gasteiger charge is -2.47. The number of aromatic nitrogens is 4. The number of nitrogens with zero attached hydrogens (tertiary/aromatic N) is 4. The second kappa shape index (κ2) is 7.05. The van der Waals surface area contributed by atoms with Gasteiger partial charge in [0.2, 0.25) is 0 Å². The third kappa shape index (κ3) is 2.88. The van der Waals surface area contributed by atoms with Crippen molar-refractivity contribution in [1.29, 1.82) is 0 Å². The molecule has 1 N–H and O–H groups in total. The van der Waals surface area contributed by atoms with Crippen molar-refractivity contribution in [2.75, 3.05) is 11.4 Å². The number of aromatic amines is 1. The van der Waals surface area contributed by atoms with Gasteiger partial charge in [0.1, 0.15) is 0 Å². The van der Waals surface area contributed by atoms with Crippen LogP contribution in [-0.4, -0.2) is 27.2 Å². The quantitative estimate of drug-likeness (QED) is 0.619. The maximum atomic E-state index is 6.47. The standard InChI is InChI=1S/C21H21Cl2N5/c22-14-4-6-18-16(12-14)21(9-2-1-3-10-21)17-13-15(23)5-7-19(17)28(18)11-8-20-24-26-27-25-20/h4-7,12-13H,1-3,8-11H2,(H,24,25,26,27). The van der Waals surface area contributed by atoms with Crippen LogP contribution in [0.25, 0.3) is 0 Å². The van der Waals surface area contributed by atoms with E-state index in [0.717, 1.165) is 29.4 Å². The highest BCUT2D eigenvalue weighted by Crippen LogP contribution is 2.56. The topological polar surface area (TPSA) is 57.7 Å². The SMILES string of the molecule is Clc1ccc2c(c1)C1(CCCCC1)c1cc(Cl)ccc1N2CCc1nn[nH]n1. The molecule has 0 radical (unpaired) electrons. The number of benzene rings is 2. The number of halogens is 2. The van der Waals surface area contributed by atoms with Gasteiger partial charge in [-0.1, -0.05) is 47.7 Å². The molecule has 1 aromatic heterocycles. The number of tetrazole rings is 1. The molecular weight excluding hydrogens is 393 g/mol. The summed E-state index contributed by atoms with van der Waals surface area (Å²) in [5.41, 5.74) is 5.08. The predicted octanol–water partition coefficient (Wildman–Crippen LogP) is 5.45. The summed E-state index contributed by atoms with van der Waals surface area (Å²) in [6.07, 6.45) is 6.70. The average Bonchev–Trinajstić information content (AvgIpc) is 3.23. The summed E-state index contributed by atoms with van der Waals surface area (Å²) in [5.74, 6) is 0.712. The highest BCUT2D eigenvalue weighted by Gasteiger charge is 2.44. The minimum atomic E-state index is -0.0125. The lowest BCUT2D eigenvalue weighted by atomic mass is 9.63. The molecular formula is C21H21Cl2N5. The van der Waals surface area contributed by atoms with Crippen LogP contribution in [0, 0.1) is 0 Å². The smallest absolute Gasteiger partial charge is 0.176 e. The minimum absolute atomic E-state index is 0.0125. The molecule has 0 amide bonds. The minimum Gasteiger partial charge on any atom is -0.341 e. The first-order valence-electron chi connectivity index (χ1n) is 9.77. The van der Waals surface area contributed by atoms with E-state index in [4.69, 9.17) is 23.2 Å². The molecule has 28 heavy (non-hydrogen) atoms. The van der Waals surface area contributed by atoms with Crippen molar-refractivity contribution in [1.82, 2.24) is 20.6 Å². The predicted molar refractivity (Wildman–Crippen MR) is 112 cm³/mol. The molecule has 7 heteroatoms. The Labute approximate surface area is 174 Å². The van der Waals surface area contributed by atoms with E-state index in [1.54, 1.807) is 0 Å². The number of hydrogen-bond donors (Lipinski definition) is 1. The first kappa shape index (κ1) is 18.0. The normalized spacial score (nSPS) is 17.4. The van der Waals surface area contributed by atoms with Crippen LogP contribution in [0.4, 0.5) is 11.4 Å². The Kier molecular flexibility index (Phi) is 4.52. The van der Waals surface area contributed by atoms with Crippen molar-refractivity contribution >= 4 is 34.6 Å². The van der Waals surface area contributed by atoms with Crippen molar-refractivity contribution in [2.24, 2.45) is 0 Å². The van der Waals surface area contributed by atoms with Crippen molar-refractivity contribution < 1.29 is 0 Å². The Hall–Kier alpha value is -2.11. The number of nitrogens with one attached hydrogen (secondary N) is 1. The van der Waals surface area contributed by atoms with E-state index in [1.165, 1.54) is 41.8 Å². The summed E-state index contributed by atoms with van der Waals surface area (Å²) in [6.45, 7) is 0.763. The summed E-state index contributed by atoms with van der Waals surface area (Å²) in [5, 5.41) is 16.0. The molecule has 2 aliphatic rings. The maximum Gasteiger partial charge on any atom is 0.176 e. The third-order valence-corrected chi connectivity index (χ3v) is 6.66. The highest BCUT2D eigenvalue weighted by molar-refractivity contribution is 6.31. The van der Waals surface area contributed by atoms with Crippen LogP contribution in [0.1, 0.15) is 49.1 Å². The van der Waals surface area contributed by atoms with Gasteiger partial charge in [-0.25, -0.2) is 0 Å². The Morgan fingerprint density at radius 2 is 1.57 bits per heavy atom. The van der Waals surface area contributed by atoms with Crippen LogP contribution < -0.4 is 4.90 Å². The number of rotatable bonds is 3. The first-order valence-corrected chi connectivity index (χ1v) is 10.5. The van der Waals surface area contributed by atoms with Gasteiger partial charge in [-0.15, -0.1) is 10.2 Å². The van der Waals surface area contributed by atoms with Gasteiger partial charge in [-0.3, -0.25) is 0 Å². The Morgan fingerprint density at radius 3 is 2.14 bits per heavy atom. The zero-order valence-electron chi connectivity index (χ0n) is 15.5. The van der Waals surface area contributed by atoms with E-state index in [2.05, 4.69) is 49.8 Å². The molecule has 1 saturated carbocycles. The van der Waals surface area contributed by atoms with Crippen LogP contribution in [0.2, 0.25) is 10.0 Å². The molecule has 1 aliphatic heterocycles. The fourth-order valence-corrected chi connectivity index (χ4v) is 5.31. The molecule has 0 saturated heterocycles. The Balaban J connectivity index is 1.67. The third-order valence-electron chi connectivity index (χ3n) is 6.19. The van der Waals surface area contributed by atoms with Crippen molar-refractivity contribution in [3.05, 3.63) is 63.4 Å². The molecule has 2 heterocycles. The van der Waals surface area contributed by atoms with E-state index in [9.17, 15) is 0 Å². The molecule has 3 aromatic rings. The van der Waals surface area contributed by atoms with Gasteiger partial charge >= 0.3 is 0 Å². The average molecular weight is 414 g/mol. The van der Waals surface area contributed by atoms with E-state index < -0.39 is 0 Å². The van der Waals surface area contributed by atoms with E-state index in [0.29, 0.717) is 12.2 Å². The Morgan fingerprint density at radius 1 is 0.929 bits per heavy atom. The van der Waals surface area contributed by atoms with Gasteiger partial charge in [-0.05, 0) is 60.4 Å². The van der Waals surface area contributed by atoms with E-state index in [-0.39, 0.29) is 5.41 Å². The van der Waals surface area contributed by atoms with Gasteiger partial charge in [0.05, 0.1) is 0 Å². The summed E-state index contributed by atoms with van der Waals surface area (Å²) in [7, 11) is 0. The lowest BCUT2D eigenvalue weighted by molar-refractivity contribution is 0.343. The Bertz CT molecular complexity index is 941. The van der Waals surface area contributed by atoms with Crippen LogP contribution in [0.3, 0.4) is 0 Å². The summed E-state index contributed by atoms with van der Waals surface area (Å²) in [4.78, 5) is 2.35. The monoisotopic (exact) mass is 413 g/mol. The van der Waals surface area contributed by atoms with Gasteiger partial charge in [0.15, 0.2) is 5.82 Å². The molecule has 0 atom stereocenters. The van der Waals surface area contributed by atoms with Crippen LogP contribution in [0.5, 0.6) is 0 Å². The zero-order valence-corrected chi connectivity index (χ0v) is 17.0. The molecule has 1 fully saturated rings. The molecule has 0 bridgehead atoms. The number of fused-ring (bicyclic) bond motifs is 4. The van der Waals surface area contributed by atoms with Gasteiger partial charge in [0, 0.05) is 39.8 Å². The largest absolute Gasteiger partial charge is 0.341 e. The molecule has 0 unspecified atom stereocenters. The molecule has 5 rings (SSSR count). The molecule has 1 aliphatic carbocycles. The van der Waals surface area contributed by atoms with E-state index in [1.807, 2.05) is 12.1 Å². The number of H-pyrrole nitrogens is 1. The summed E-state index contributed by atoms with van der Waals surface area (Å²) >= 11 is 12.9. The van der Waals surface area contributed by atoms with Crippen molar-refractivity contribution in [2.45, 2.75) is 43.9 Å².